The van der Waals surface area contributed by atoms with Crippen LogP contribution in [0, 0.1) is 0 Å². The van der Waals surface area contributed by atoms with Gasteiger partial charge >= 0.3 is 0 Å². The van der Waals surface area contributed by atoms with Crippen LogP contribution in [-0.4, -0.2) is 24.8 Å². The Hall–Kier alpha value is -3.74. The molecule has 2 heterocycles. The summed E-state index contributed by atoms with van der Waals surface area (Å²) < 4.78 is 15.8. The van der Waals surface area contributed by atoms with Crippen LogP contribution in [0.15, 0.2) is 60.8 Å². The lowest BCUT2D eigenvalue weighted by Gasteiger charge is -2.09. The molecule has 3 aromatic rings. The van der Waals surface area contributed by atoms with Crippen molar-refractivity contribution in [3.8, 4) is 17.2 Å². The van der Waals surface area contributed by atoms with Gasteiger partial charge in [-0.3, -0.25) is 4.79 Å². The Morgan fingerprint density at radius 3 is 2.71 bits per heavy atom. The maximum absolute atomic E-state index is 12.5. The summed E-state index contributed by atoms with van der Waals surface area (Å²) in [5, 5.41) is 6.08. The van der Waals surface area contributed by atoms with Crippen LogP contribution in [-0.2, 0) is 6.54 Å². The lowest BCUT2D eigenvalue weighted by molar-refractivity contribution is 0.0950. The van der Waals surface area contributed by atoms with Gasteiger partial charge in [0.25, 0.3) is 5.91 Å². The number of aromatic nitrogens is 1. The van der Waals surface area contributed by atoms with E-state index in [2.05, 4.69) is 15.6 Å². The first kappa shape index (κ1) is 17.7. The van der Waals surface area contributed by atoms with Crippen molar-refractivity contribution in [2.75, 3.05) is 19.2 Å². The van der Waals surface area contributed by atoms with E-state index in [-0.39, 0.29) is 12.7 Å². The third-order valence-electron chi connectivity index (χ3n) is 4.27. The Morgan fingerprint density at radius 1 is 1.07 bits per heavy atom. The highest BCUT2D eigenvalue weighted by molar-refractivity contribution is 5.94. The molecule has 0 saturated carbocycles. The van der Waals surface area contributed by atoms with E-state index >= 15 is 0 Å². The van der Waals surface area contributed by atoms with Gasteiger partial charge in [0.1, 0.15) is 11.6 Å². The van der Waals surface area contributed by atoms with Crippen LogP contribution in [0.1, 0.15) is 15.9 Å². The summed E-state index contributed by atoms with van der Waals surface area (Å²) >= 11 is 0. The molecule has 1 amide bonds. The molecule has 7 nitrogen and oxygen atoms in total. The summed E-state index contributed by atoms with van der Waals surface area (Å²) in [6.45, 7) is 0.616. The molecule has 142 valence electrons. The minimum absolute atomic E-state index is 0.183. The topological polar surface area (TPSA) is 81.7 Å². The molecule has 0 fully saturated rings. The quantitative estimate of drug-likeness (QED) is 0.684. The molecule has 2 N–H and O–H groups in total. The Morgan fingerprint density at radius 2 is 1.89 bits per heavy atom. The van der Waals surface area contributed by atoms with Crippen LogP contribution in [0.25, 0.3) is 0 Å². The first-order chi connectivity index (χ1) is 13.7. The number of carbonyl (C=O) groups is 1. The van der Waals surface area contributed by atoms with Crippen molar-refractivity contribution in [3.63, 3.8) is 0 Å². The number of rotatable bonds is 6. The summed E-state index contributed by atoms with van der Waals surface area (Å²) in [7, 11) is 1.62. The number of hydrogen-bond acceptors (Lipinski definition) is 6. The lowest BCUT2D eigenvalue weighted by Crippen LogP contribution is -2.22. The summed E-state index contributed by atoms with van der Waals surface area (Å²) in [4.78, 5) is 16.8. The van der Waals surface area contributed by atoms with Gasteiger partial charge in [0.15, 0.2) is 11.5 Å². The fourth-order valence-electron chi connectivity index (χ4n) is 2.80. The molecular formula is C21H19N3O4. The summed E-state index contributed by atoms with van der Waals surface area (Å²) in [6.07, 6.45) is 1.60. The van der Waals surface area contributed by atoms with Crippen LogP contribution >= 0.6 is 0 Å². The third-order valence-corrected chi connectivity index (χ3v) is 4.27. The SMILES string of the molecule is COc1ccc(Nc2cc(C(=O)NCc3ccc4c(c3)OCO4)ccn2)cc1. The molecule has 0 atom stereocenters. The number of nitrogens with one attached hydrogen (secondary N) is 2. The van der Waals surface area contributed by atoms with Gasteiger partial charge in [-0.1, -0.05) is 6.07 Å². The van der Waals surface area contributed by atoms with Crippen LogP contribution in [0.4, 0.5) is 11.5 Å². The molecule has 0 spiro atoms. The Balaban J connectivity index is 1.39. The van der Waals surface area contributed by atoms with Crippen molar-refractivity contribution in [3.05, 3.63) is 71.9 Å². The molecule has 1 aliphatic heterocycles. The number of methoxy groups -OCH3 is 1. The highest BCUT2D eigenvalue weighted by atomic mass is 16.7. The second-order valence-corrected chi connectivity index (χ2v) is 6.15. The minimum atomic E-state index is -0.183. The van der Waals surface area contributed by atoms with Crippen LogP contribution in [0.3, 0.4) is 0 Å². The molecule has 1 aliphatic rings. The average Bonchev–Trinajstić information content (AvgIpc) is 3.20. The second kappa shape index (κ2) is 7.87. The molecule has 0 bridgehead atoms. The summed E-state index contributed by atoms with van der Waals surface area (Å²) in [5.41, 5.74) is 2.31. The first-order valence-electron chi connectivity index (χ1n) is 8.75. The number of fused-ring (bicyclic) bond motifs is 1. The van der Waals surface area contributed by atoms with Crippen molar-refractivity contribution < 1.29 is 19.0 Å². The van der Waals surface area contributed by atoms with E-state index < -0.39 is 0 Å². The molecule has 0 saturated heterocycles. The average molecular weight is 377 g/mol. The monoisotopic (exact) mass is 377 g/mol. The number of pyridine rings is 1. The normalized spacial score (nSPS) is 11.8. The zero-order valence-corrected chi connectivity index (χ0v) is 15.3. The van der Waals surface area contributed by atoms with Gasteiger partial charge in [-0.2, -0.15) is 0 Å². The molecule has 0 unspecified atom stereocenters. The van der Waals surface area contributed by atoms with E-state index in [0.29, 0.717) is 23.7 Å². The van der Waals surface area contributed by atoms with Gasteiger partial charge in [0.2, 0.25) is 6.79 Å². The number of amides is 1. The van der Waals surface area contributed by atoms with Gasteiger partial charge in [0.05, 0.1) is 7.11 Å². The third kappa shape index (κ3) is 3.98. The van der Waals surface area contributed by atoms with E-state index in [1.165, 1.54) is 0 Å². The Bertz CT molecular complexity index is 989. The molecule has 1 aromatic heterocycles. The number of ether oxygens (including phenoxy) is 3. The van der Waals surface area contributed by atoms with Gasteiger partial charge in [-0.25, -0.2) is 4.98 Å². The number of carbonyl (C=O) groups excluding carboxylic acids is 1. The van der Waals surface area contributed by atoms with Crippen molar-refractivity contribution in [1.82, 2.24) is 10.3 Å². The summed E-state index contributed by atoms with van der Waals surface area (Å²) in [5.74, 6) is 2.59. The lowest BCUT2D eigenvalue weighted by atomic mass is 10.2. The zero-order valence-electron chi connectivity index (χ0n) is 15.3. The zero-order chi connectivity index (χ0) is 19.3. The van der Waals surface area contributed by atoms with E-state index in [0.717, 1.165) is 22.7 Å². The highest BCUT2D eigenvalue weighted by Gasteiger charge is 2.14. The van der Waals surface area contributed by atoms with Gasteiger partial charge < -0.3 is 24.8 Å². The molecule has 2 aromatic carbocycles. The molecule has 4 rings (SSSR count). The predicted octanol–water partition coefficient (Wildman–Crippen LogP) is 3.49. The second-order valence-electron chi connectivity index (χ2n) is 6.15. The standard InChI is InChI=1S/C21H19N3O4/c1-26-17-5-3-16(4-6-17)24-20-11-15(8-9-22-20)21(25)23-12-14-2-7-18-19(10-14)28-13-27-18/h2-11H,12-13H2,1H3,(H,22,24)(H,23,25). The fourth-order valence-corrected chi connectivity index (χ4v) is 2.80. The van der Waals surface area contributed by atoms with Crippen molar-refractivity contribution >= 4 is 17.4 Å². The number of nitrogens with zero attached hydrogens (tertiary/aromatic N) is 1. The molecular weight excluding hydrogens is 358 g/mol. The molecule has 7 heteroatoms. The largest absolute Gasteiger partial charge is 0.497 e. The fraction of sp³-hybridized carbons (Fsp3) is 0.143. The predicted molar refractivity (Wildman–Crippen MR) is 104 cm³/mol. The molecule has 0 radical (unpaired) electrons. The molecule has 0 aliphatic carbocycles. The Labute approximate surface area is 162 Å². The van der Waals surface area contributed by atoms with Gasteiger partial charge in [-0.15, -0.1) is 0 Å². The number of hydrogen-bond donors (Lipinski definition) is 2. The summed E-state index contributed by atoms with van der Waals surface area (Å²) in [6, 6.07) is 16.5. The number of anilines is 2. The smallest absolute Gasteiger partial charge is 0.251 e. The van der Waals surface area contributed by atoms with E-state index in [1.54, 1.807) is 25.4 Å². The van der Waals surface area contributed by atoms with Crippen molar-refractivity contribution in [1.29, 1.82) is 0 Å². The minimum Gasteiger partial charge on any atom is -0.497 e. The first-order valence-corrected chi connectivity index (χ1v) is 8.75. The van der Waals surface area contributed by atoms with Crippen molar-refractivity contribution in [2.24, 2.45) is 0 Å². The van der Waals surface area contributed by atoms with E-state index in [9.17, 15) is 4.79 Å². The van der Waals surface area contributed by atoms with E-state index in [4.69, 9.17) is 14.2 Å². The maximum Gasteiger partial charge on any atom is 0.251 e. The van der Waals surface area contributed by atoms with Crippen LogP contribution < -0.4 is 24.8 Å². The Kier molecular flexibility index (Phi) is 4.97. The van der Waals surface area contributed by atoms with Crippen LogP contribution in [0.2, 0.25) is 0 Å². The van der Waals surface area contributed by atoms with Crippen LogP contribution in [0.5, 0.6) is 17.2 Å². The van der Waals surface area contributed by atoms with Gasteiger partial charge in [0, 0.05) is 24.0 Å². The number of benzene rings is 2. The van der Waals surface area contributed by atoms with Crippen molar-refractivity contribution in [2.45, 2.75) is 6.54 Å². The highest BCUT2D eigenvalue weighted by Crippen LogP contribution is 2.32. The molecule has 28 heavy (non-hydrogen) atoms. The van der Waals surface area contributed by atoms with Gasteiger partial charge in [-0.05, 0) is 54.1 Å². The van der Waals surface area contributed by atoms with E-state index in [1.807, 2.05) is 42.5 Å². The maximum atomic E-state index is 12.5.